The van der Waals surface area contributed by atoms with E-state index in [0.29, 0.717) is 16.6 Å². The minimum Gasteiger partial charge on any atom is -0.480 e. The Kier molecular flexibility index (Phi) is 14.7. The summed E-state index contributed by atoms with van der Waals surface area (Å²) in [5.74, 6) is -2.16. The number of carbonyl (C=O) groups excluding carboxylic acids is 2. The SMILES string of the molecule is CO[C@@H](Cc1ccccc1)[C@@H](C)/C=C(C)/C=C/[C@H](NC(C)=O)[C@H](C)C(=O)N1C[C@H](O[Si](C(C)C)(C(C)C)C(C)C)C[C@@H]1C(=O)O. The van der Waals surface area contributed by atoms with Gasteiger partial charge in [0.25, 0.3) is 0 Å². The number of methoxy groups -OCH3 is 1. The van der Waals surface area contributed by atoms with Crippen LogP contribution in [0.1, 0.15) is 81.2 Å². The summed E-state index contributed by atoms with van der Waals surface area (Å²) >= 11 is 0. The van der Waals surface area contributed by atoms with Gasteiger partial charge in [0.05, 0.1) is 24.2 Å². The van der Waals surface area contributed by atoms with Crippen LogP contribution in [0.2, 0.25) is 16.6 Å². The van der Waals surface area contributed by atoms with Crippen molar-refractivity contribution in [2.45, 2.75) is 123 Å². The van der Waals surface area contributed by atoms with Crippen LogP contribution in [0.15, 0.2) is 54.1 Å². The Morgan fingerprint density at radius 2 is 1.58 bits per heavy atom. The fraction of sp³-hybridized carbons (Fsp3) is 0.639. The first-order chi connectivity index (χ1) is 21.0. The largest absolute Gasteiger partial charge is 0.480 e. The molecule has 0 aromatic heterocycles. The summed E-state index contributed by atoms with van der Waals surface area (Å²) in [5, 5.41) is 13.0. The van der Waals surface area contributed by atoms with Gasteiger partial charge in [0.2, 0.25) is 20.1 Å². The third kappa shape index (κ3) is 10.1. The smallest absolute Gasteiger partial charge is 0.326 e. The number of ether oxygens (including phenoxy) is 1. The zero-order chi connectivity index (χ0) is 34.1. The van der Waals surface area contributed by atoms with E-state index in [4.69, 9.17) is 9.16 Å². The van der Waals surface area contributed by atoms with Gasteiger partial charge in [-0.15, -0.1) is 0 Å². The number of aliphatic carboxylic acids is 1. The zero-order valence-electron chi connectivity index (χ0n) is 29.4. The van der Waals surface area contributed by atoms with Gasteiger partial charge in [-0.05, 0) is 35.5 Å². The predicted octanol–water partition coefficient (Wildman–Crippen LogP) is 6.77. The number of nitrogens with zero attached hydrogens (tertiary/aromatic N) is 1. The molecule has 1 aromatic rings. The molecular weight excluding hydrogens is 584 g/mol. The quantitative estimate of drug-likeness (QED) is 0.152. The number of hydrogen-bond donors (Lipinski definition) is 2. The van der Waals surface area contributed by atoms with Crippen LogP contribution < -0.4 is 5.32 Å². The van der Waals surface area contributed by atoms with Gasteiger partial charge in [-0.2, -0.15) is 0 Å². The predicted molar refractivity (Wildman–Crippen MR) is 183 cm³/mol. The molecule has 1 aliphatic rings. The third-order valence-electron chi connectivity index (χ3n) is 9.47. The van der Waals surface area contributed by atoms with Crippen molar-refractivity contribution in [2.75, 3.05) is 13.7 Å². The average Bonchev–Trinajstić information content (AvgIpc) is 3.40. The highest BCUT2D eigenvalue weighted by Crippen LogP contribution is 2.44. The normalized spacial score (nSPS) is 20.6. The fourth-order valence-corrected chi connectivity index (χ4v) is 12.8. The molecule has 0 aliphatic carbocycles. The molecule has 1 fully saturated rings. The molecule has 6 atom stereocenters. The van der Waals surface area contributed by atoms with E-state index in [1.165, 1.54) is 17.4 Å². The van der Waals surface area contributed by atoms with Crippen LogP contribution in [0.25, 0.3) is 0 Å². The van der Waals surface area contributed by atoms with Crippen molar-refractivity contribution in [3.8, 4) is 0 Å². The summed E-state index contributed by atoms with van der Waals surface area (Å²) < 4.78 is 12.7. The molecule has 8 nitrogen and oxygen atoms in total. The average molecular weight is 643 g/mol. The highest BCUT2D eigenvalue weighted by Gasteiger charge is 2.50. The summed E-state index contributed by atoms with van der Waals surface area (Å²) in [7, 11) is -0.558. The molecule has 0 saturated carbocycles. The molecule has 1 aromatic carbocycles. The van der Waals surface area contributed by atoms with Crippen LogP contribution in [0.3, 0.4) is 0 Å². The number of carbonyl (C=O) groups is 3. The molecule has 2 rings (SSSR count). The first kappa shape index (κ1) is 38.4. The van der Waals surface area contributed by atoms with E-state index in [0.717, 1.165) is 12.0 Å². The highest BCUT2D eigenvalue weighted by molar-refractivity contribution is 6.77. The Balaban J connectivity index is 2.25. The van der Waals surface area contributed by atoms with Gasteiger partial charge < -0.3 is 24.5 Å². The zero-order valence-corrected chi connectivity index (χ0v) is 30.4. The van der Waals surface area contributed by atoms with Gasteiger partial charge in [0.15, 0.2) is 0 Å². The number of hydrogen-bond acceptors (Lipinski definition) is 5. The topological polar surface area (TPSA) is 105 Å². The van der Waals surface area contributed by atoms with Crippen molar-refractivity contribution in [3.05, 3.63) is 59.7 Å². The van der Waals surface area contributed by atoms with E-state index < -0.39 is 32.3 Å². The van der Waals surface area contributed by atoms with Crippen LogP contribution in [-0.4, -0.2) is 74.1 Å². The number of likely N-dealkylation sites (tertiary alicyclic amines) is 1. The fourth-order valence-electron chi connectivity index (χ4n) is 7.21. The van der Waals surface area contributed by atoms with Crippen molar-refractivity contribution in [1.29, 1.82) is 0 Å². The van der Waals surface area contributed by atoms with E-state index in [9.17, 15) is 19.5 Å². The van der Waals surface area contributed by atoms with E-state index in [-0.39, 0.29) is 42.9 Å². The van der Waals surface area contributed by atoms with Gasteiger partial charge in [0, 0.05) is 32.9 Å². The Labute approximate surface area is 272 Å². The summed E-state index contributed by atoms with van der Waals surface area (Å²) in [4.78, 5) is 39.9. The maximum absolute atomic E-state index is 13.9. The van der Waals surface area contributed by atoms with Crippen molar-refractivity contribution >= 4 is 26.1 Å². The molecular formula is C36H58N2O6Si. The maximum atomic E-state index is 13.9. The number of allylic oxidation sites excluding steroid dienone is 2. The standard InChI is InChI=1S/C36H58N2O6Si/c1-23(2)45(24(3)4,25(5)6)44-31-21-33(36(41)42)38(22-31)35(40)28(9)32(37-29(10)39)18-17-26(7)19-27(8)34(43-11)20-30-15-13-12-14-16-30/h12-19,23-25,27-28,31-34H,20-22H2,1-11H3,(H,37,39)(H,41,42)/b18-17+,26-19+/t27-,28-,31+,32-,33+,34-/m0/s1. The number of rotatable bonds is 16. The minimum absolute atomic E-state index is 0.00967. The maximum Gasteiger partial charge on any atom is 0.326 e. The lowest BCUT2D eigenvalue weighted by Crippen LogP contribution is -2.51. The Morgan fingerprint density at radius 3 is 2.07 bits per heavy atom. The lowest BCUT2D eigenvalue weighted by Gasteiger charge is -2.44. The molecule has 0 spiro atoms. The minimum atomic E-state index is -2.28. The number of carboxylic acid groups (broad SMARTS) is 1. The molecule has 45 heavy (non-hydrogen) atoms. The van der Waals surface area contributed by atoms with Crippen LogP contribution in [0, 0.1) is 11.8 Å². The molecule has 2 amide bonds. The number of benzene rings is 1. The van der Waals surface area contributed by atoms with Crippen LogP contribution in [-0.2, 0) is 30.0 Å². The number of amides is 2. The molecule has 0 unspecified atom stereocenters. The number of carboxylic acids is 1. The Morgan fingerprint density at radius 1 is 1.00 bits per heavy atom. The molecule has 252 valence electrons. The molecule has 1 heterocycles. The monoisotopic (exact) mass is 642 g/mol. The highest BCUT2D eigenvalue weighted by atomic mass is 28.4. The first-order valence-electron chi connectivity index (χ1n) is 16.5. The summed E-state index contributed by atoms with van der Waals surface area (Å²) in [6, 6.07) is 8.64. The Bertz CT molecular complexity index is 1160. The van der Waals surface area contributed by atoms with Gasteiger partial charge in [-0.1, -0.05) is 110 Å². The second kappa shape index (κ2) is 17.2. The molecule has 2 N–H and O–H groups in total. The van der Waals surface area contributed by atoms with Gasteiger partial charge in [0.1, 0.15) is 6.04 Å². The van der Waals surface area contributed by atoms with Crippen molar-refractivity contribution in [2.24, 2.45) is 11.8 Å². The van der Waals surface area contributed by atoms with Crippen LogP contribution in [0.5, 0.6) is 0 Å². The molecule has 9 heteroatoms. The van der Waals surface area contributed by atoms with Crippen LogP contribution >= 0.6 is 0 Å². The van der Waals surface area contributed by atoms with Gasteiger partial charge >= 0.3 is 5.97 Å². The van der Waals surface area contributed by atoms with E-state index in [2.05, 4.69) is 72.0 Å². The summed E-state index contributed by atoms with van der Waals surface area (Å²) in [6.07, 6.45) is 6.56. The van der Waals surface area contributed by atoms with E-state index in [1.54, 1.807) is 14.0 Å². The Hall–Kier alpha value is -2.75. The molecule has 0 bridgehead atoms. The first-order valence-corrected chi connectivity index (χ1v) is 18.6. The van der Waals surface area contributed by atoms with E-state index >= 15 is 0 Å². The summed E-state index contributed by atoms with van der Waals surface area (Å²) in [6.45, 7) is 20.7. The van der Waals surface area contributed by atoms with Crippen LogP contribution in [0.4, 0.5) is 0 Å². The third-order valence-corrected chi connectivity index (χ3v) is 15.6. The second-order valence-corrected chi connectivity index (χ2v) is 19.2. The lowest BCUT2D eigenvalue weighted by molar-refractivity contribution is -0.150. The molecule has 0 radical (unpaired) electrons. The van der Waals surface area contributed by atoms with E-state index in [1.807, 2.05) is 37.3 Å². The second-order valence-electron chi connectivity index (χ2n) is 13.7. The van der Waals surface area contributed by atoms with Crippen molar-refractivity contribution in [1.82, 2.24) is 10.2 Å². The van der Waals surface area contributed by atoms with Gasteiger partial charge in [-0.25, -0.2) is 4.79 Å². The van der Waals surface area contributed by atoms with Gasteiger partial charge in [-0.3, -0.25) is 9.59 Å². The lowest BCUT2D eigenvalue weighted by atomic mass is 9.94. The van der Waals surface area contributed by atoms with Crippen molar-refractivity contribution in [3.63, 3.8) is 0 Å². The van der Waals surface area contributed by atoms with Crippen molar-refractivity contribution < 1.29 is 28.7 Å². The summed E-state index contributed by atoms with van der Waals surface area (Å²) in [5.41, 5.74) is 3.21. The molecule has 1 saturated heterocycles. The molecule has 1 aliphatic heterocycles. The number of nitrogens with one attached hydrogen (secondary N) is 1.